The van der Waals surface area contributed by atoms with Gasteiger partial charge in [-0.3, -0.25) is 0 Å². The van der Waals surface area contributed by atoms with Crippen LogP contribution in [-0.2, 0) is 5.41 Å². The maximum absolute atomic E-state index is 13.1. The maximum Gasteiger partial charge on any atom is 0.123 e. The van der Waals surface area contributed by atoms with Crippen LogP contribution in [0.1, 0.15) is 31.2 Å². The second-order valence-corrected chi connectivity index (χ2v) is 6.09. The molecule has 3 heteroatoms. The molecule has 0 saturated heterocycles. The summed E-state index contributed by atoms with van der Waals surface area (Å²) in [5.74, 6) is -0.146. The average Bonchev–Trinajstić information content (AvgIpc) is 2.39. The largest absolute Gasteiger partial charge is 0.317 e. The van der Waals surface area contributed by atoms with Crippen molar-refractivity contribution >= 4 is 0 Å². The van der Waals surface area contributed by atoms with Crippen molar-refractivity contribution in [2.24, 2.45) is 0 Å². The van der Waals surface area contributed by atoms with Gasteiger partial charge in [-0.1, -0.05) is 12.1 Å². The SMILES string of the molecule is CNC1CCC(CN(C)C)(c2ccc(F)cc2)CC1. The van der Waals surface area contributed by atoms with Gasteiger partial charge in [-0.05, 0) is 64.5 Å². The Kier molecular flexibility index (Phi) is 4.58. The average molecular weight is 264 g/mol. The smallest absolute Gasteiger partial charge is 0.123 e. The summed E-state index contributed by atoms with van der Waals surface area (Å²) in [4.78, 5) is 2.25. The predicted octanol–water partition coefficient (Wildman–Crippen LogP) is 2.79. The minimum atomic E-state index is -0.146. The van der Waals surface area contributed by atoms with Crippen molar-refractivity contribution in [1.82, 2.24) is 10.2 Å². The molecule has 2 nitrogen and oxygen atoms in total. The van der Waals surface area contributed by atoms with Crippen LogP contribution < -0.4 is 5.32 Å². The Morgan fingerprint density at radius 2 is 1.79 bits per heavy atom. The number of halogens is 1. The van der Waals surface area contributed by atoms with Gasteiger partial charge in [-0.2, -0.15) is 0 Å². The van der Waals surface area contributed by atoms with Gasteiger partial charge in [0.2, 0.25) is 0 Å². The van der Waals surface area contributed by atoms with E-state index in [1.165, 1.54) is 31.2 Å². The Labute approximate surface area is 116 Å². The number of likely N-dealkylation sites (N-methyl/N-ethyl adjacent to an activating group) is 1. The molecule has 1 aliphatic rings. The number of nitrogens with one attached hydrogen (secondary N) is 1. The molecule has 19 heavy (non-hydrogen) atoms. The van der Waals surface area contributed by atoms with Gasteiger partial charge >= 0.3 is 0 Å². The Morgan fingerprint density at radius 1 is 1.21 bits per heavy atom. The van der Waals surface area contributed by atoms with Crippen molar-refractivity contribution in [3.05, 3.63) is 35.6 Å². The van der Waals surface area contributed by atoms with Crippen LogP contribution in [-0.4, -0.2) is 38.6 Å². The first-order valence-corrected chi connectivity index (χ1v) is 7.14. The molecule has 1 saturated carbocycles. The molecule has 0 heterocycles. The van der Waals surface area contributed by atoms with E-state index in [1.807, 2.05) is 19.2 Å². The lowest BCUT2D eigenvalue weighted by Crippen LogP contribution is -2.44. The Morgan fingerprint density at radius 3 is 2.26 bits per heavy atom. The van der Waals surface area contributed by atoms with Crippen molar-refractivity contribution in [2.75, 3.05) is 27.7 Å². The summed E-state index contributed by atoms with van der Waals surface area (Å²) in [7, 11) is 6.28. The zero-order valence-electron chi connectivity index (χ0n) is 12.2. The first-order chi connectivity index (χ1) is 9.05. The molecule has 0 aliphatic heterocycles. The molecule has 0 bridgehead atoms. The van der Waals surface area contributed by atoms with E-state index in [2.05, 4.69) is 24.3 Å². The van der Waals surface area contributed by atoms with Crippen molar-refractivity contribution < 1.29 is 4.39 Å². The van der Waals surface area contributed by atoms with Crippen LogP contribution in [0.5, 0.6) is 0 Å². The van der Waals surface area contributed by atoms with Crippen LogP contribution in [0, 0.1) is 5.82 Å². The number of benzene rings is 1. The predicted molar refractivity (Wildman–Crippen MR) is 77.9 cm³/mol. The minimum absolute atomic E-state index is 0.146. The van der Waals surface area contributed by atoms with Gasteiger partial charge < -0.3 is 10.2 Å². The molecule has 0 atom stereocenters. The molecular formula is C16H25FN2. The summed E-state index contributed by atoms with van der Waals surface area (Å²) >= 11 is 0. The van der Waals surface area contributed by atoms with E-state index in [4.69, 9.17) is 0 Å². The van der Waals surface area contributed by atoms with Crippen LogP contribution in [0.2, 0.25) is 0 Å². The van der Waals surface area contributed by atoms with E-state index in [-0.39, 0.29) is 11.2 Å². The Hall–Kier alpha value is -0.930. The summed E-state index contributed by atoms with van der Waals surface area (Å²) in [6.45, 7) is 1.04. The molecule has 0 unspecified atom stereocenters. The molecular weight excluding hydrogens is 239 g/mol. The minimum Gasteiger partial charge on any atom is -0.317 e. The number of hydrogen-bond acceptors (Lipinski definition) is 2. The molecule has 0 amide bonds. The Balaban J connectivity index is 2.23. The fourth-order valence-electron chi connectivity index (χ4n) is 3.41. The van der Waals surface area contributed by atoms with Crippen LogP contribution in [0.25, 0.3) is 0 Å². The van der Waals surface area contributed by atoms with E-state index in [0.29, 0.717) is 6.04 Å². The topological polar surface area (TPSA) is 15.3 Å². The molecule has 1 fully saturated rings. The molecule has 1 aromatic rings. The molecule has 1 N–H and O–H groups in total. The summed E-state index contributed by atoms with van der Waals surface area (Å²) in [5, 5.41) is 3.38. The molecule has 0 spiro atoms. The second-order valence-electron chi connectivity index (χ2n) is 6.09. The highest BCUT2D eigenvalue weighted by Crippen LogP contribution is 2.40. The highest BCUT2D eigenvalue weighted by atomic mass is 19.1. The lowest BCUT2D eigenvalue weighted by molar-refractivity contribution is 0.195. The van der Waals surface area contributed by atoms with Gasteiger partial charge in [0.05, 0.1) is 0 Å². The van der Waals surface area contributed by atoms with Gasteiger partial charge in [-0.15, -0.1) is 0 Å². The zero-order valence-corrected chi connectivity index (χ0v) is 12.2. The van der Waals surface area contributed by atoms with Gasteiger partial charge in [0.15, 0.2) is 0 Å². The molecule has 0 radical (unpaired) electrons. The zero-order chi connectivity index (χ0) is 13.9. The standard InChI is InChI=1S/C16H25FN2/c1-18-15-8-10-16(11-9-15,12-19(2)3)13-4-6-14(17)7-5-13/h4-7,15,18H,8-12H2,1-3H3. The van der Waals surface area contributed by atoms with Crippen molar-refractivity contribution in [2.45, 2.75) is 37.1 Å². The van der Waals surface area contributed by atoms with Crippen molar-refractivity contribution in [1.29, 1.82) is 0 Å². The van der Waals surface area contributed by atoms with Crippen molar-refractivity contribution in [3.63, 3.8) is 0 Å². The normalized spacial score (nSPS) is 27.7. The lowest BCUT2D eigenvalue weighted by atomic mass is 9.68. The molecule has 1 aromatic carbocycles. The first-order valence-electron chi connectivity index (χ1n) is 7.14. The van der Waals surface area contributed by atoms with Gasteiger partial charge in [0.1, 0.15) is 5.82 Å². The number of rotatable bonds is 4. The monoisotopic (exact) mass is 264 g/mol. The summed E-state index contributed by atoms with van der Waals surface area (Å²) < 4.78 is 13.1. The van der Waals surface area contributed by atoms with Gasteiger partial charge in [0.25, 0.3) is 0 Å². The third-order valence-electron chi connectivity index (χ3n) is 4.43. The lowest BCUT2D eigenvalue weighted by Gasteiger charge is -2.42. The van der Waals surface area contributed by atoms with Crippen LogP contribution in [0.3, 0.4) is 0 Å². The molecule has 106 valence electrons. The third-order valence-corrected chi connectivity index (χ3v) is 4.43. The van der Waals surface area contributed by atoms with Crippen LogP contribution in [0.15, 0.2) is 24.3 Å². The van der Waals surface area contributed by atoms with Crippen molar-refractivity contribution in [3.8, 4) is 0 Å². The molecule has 1 aliphatic carbocycles. The van der Waals surface area contributed by atoms with Crippen LogP contribution >= 0.6 is 0 Å². The fraction of sp³-hybridized carbons (Fsp3) is 0.625. The van der Waals surface area contributed by atoms with Crippen LogP contribution in [0.4, 0.5) is 4.39 Å². The number of hydrogen-bond donors (Lipinski definition) is 1. The molecule has 0 aromatic heterocycles. The van der Waals surface area contributed by atoms with Gasteiger partial charge in [0, 0.05) is 18.0 Å². The summed E-state index contributed by atoms with van der Waals surface area (Å²) in [5.41, 5.74) is 1.47. The Bertz CT molecular complexity index is 392. The fourth-order valence-corrected chi connectivity index (χ4v) is 3.41. The number of nitrogens with zero attached hydrogens (tertiary/aromatic N) is 1. The van der Waals surface area contributed by atoms with E-state index in [1.54, 1.807) is 12.1 Å². The van der Waals surface area contributed by atoms with E-state index >= 15 is 0 Å². The third kappa shape index (κ3) is 3.34. The van der Waals surface area contributed by atoms with E-state index in [9.17, 15) is 4.39 Å². The maximum atomic E-state index is 13.1. The highest BCUT2D eigenvalue weighted by Gasteiger charge is 2.36. The van der Waals surface area contributed by atoms with E-state index < -0.39 is 0 Å². The summed E-state index contributed by atoms with van der Waals surface area (Å²) in [6.07, 6.45) is 4.73. The second kappa shape index (κ2) is 6.02. The van der Waals surface area contributed by atoms with Gasteiger partial charge in [-0.25, -0.2) is 4.39 Å². The quantitative estimate of drug-likeness (QED) is 0.899. The first kappa shape index (κ1) is 14.5. The molecule has 2 rings (SSSR count). The highest BCUT2D eigenvalue weighted by molar-refractivity contribution is 5.27. The van der Waals surface area contributed by atoms with E-state index in [0.717, 1.165) is 6.54 Å². The summed E-state index contributed by atoms with van der Waals surface area (Å²) in [6, 6.07) is 7.76.